The van der Waals surface area contributed by atoms with Gasteiger partial charge in [0.2, 0.25) is 0 Å². The maximum atomic E-state index is 4.59. The average molecular weight is 353 g/mol. The van der Waals surface area contributed by atoms with Gasteiger partial charge in [-0.05, 0) is 23.6 Å². The van der Waals surface area contributed by atoms with E-state index in [1.807, 2.05) is 23.7 Å². The number of nitrogens with one attached hydrogen (secondary N) is 1. The first-order valence-corrected chi connectivity index (χ1v) is 8.82. The molecule has 1 aliphatic heterocycles. The Hall–Kier alpha value is -1.01. The number of piperazine rings is 1. The number of hydrogen-bond donors (Lipinski definition) is 1. The van der Waals surface area contributed by atoms with E-state index in [1.54, 1.807) is 0 Å². The number of rotatable bonds is 5. The average Bonchev–Trinajstić information content (AvgIpc) is 2.95. The van der Waals surface area contributed by atoms with E-state index >= 15 is 0 Å². The van der Waals surface area contributed by atoms with Gasteiger partial charge in [0, 0.05) is 62.1 Å². The van der Waals surface area contributed by atoms with Crippen LogP contribution in [0.3, 0.4) is 0 Å². The lowest BCUT2D eigenvalue weighted by atomic mass is 10.0. The van der Waals surface area contributed by atoms with Crippen LogP contribution in [-0.4, -0.2) is 34.5 Å². The molecule has 0 aromatic carbocycles. The summed E-state index contributed by atoms with van der Waals surface area (Å²) in [5.74, 6) is 0.669. The number of aromatic nitrogens is 2. The molecule has 0 spiro atoms. The van der Waals surface area contributed by atoms with Gasteiger partial charge in [-0.15, -0.1) is 23.7 Å². The Bertz CT molecular complexity index is 587. The molecule has 0 bridgehead atoms. The van der Waals surface area contributed by atoms with Gasteiger partial charge in [0.1, 0.15) is 0 Å². The molecule has 1 unspecified atom stereocenters. The lowest BCUT2D eigenvalue weighted by molar-refractivity contribution is 0.155. The second-order valence-electron chi connectivity index (χ2n) is 6.29. The molecular weight excluding hydrogens is 328 g/mol. The van der Waals surface area contributed by atoms with Crippen LogP contribution >= 0.6 is 23.7 Å². The van der Waals surface area contributed by atoms with Crippen LogP contribution in [0.25, 0.3) is 0 Å². The molecule has 126 valence electrons. The molecule has 4 nitrogen and oxygen atoms in total. The largest absolute Gasteiger partial charge is 0.314 e. The molecule has 1 aliphatic rings. The third-order valence-corrected chi connectivity index (χ3v) is 4.99. The highest BCUT2D eigenvalue weighted by Crippen LogP contribution is 2.26. The maximum absolute atomic E-state index is 4.59. The van der Waals surface area contributed by atoms with Gasteiger partial charge in [-0.2, -0.15) is 0 Å². The SMILES string of the molecule is CC(C)Cc1ncc(CN2CCNCC2c2ccncc2)s1.Cl. The van der Waals surface area contributed by atoms with E-state index in [0.29, 0.717) is 12.0 Å². The molecule has 2 aromatic heterocycles. The Morgan fingerprint density at radius 3 is 2.87 bits per heavy atom. The molecular formula is C17H25ClN4S. The molecule has 3 rings (SSSR count). The summed E-state index contributed by atoms with van der Waals surface area (Å²) in [6.07, 6.45) is 6.92. The molecule has 0 amide bonds. The van der Waals surface area contributed by atoms with Crippen molar-refractivity contribution in [2.45, 2.75) is 32.9 Å². The highest BCUT2D eigenvalue weighted by Gasteiger charge is 2.24. The summed E-state index contributed by atoms with van der Waals surface area (Å²) in [5.41, 5.74) is 1.34. The van der Waals surface area contributed by atoms with E-state index in [1.165, 1.54) is 15.4 Å². The van der Waals surface area contributed by atoms with E-state index in [-0.39, 0.29) is 12.4 Å². The molecule has 0 radical (unpaired) electrons. The minimum Gasteiger partial charge on any atom is -0.314 e. The molecule has 1 N–H and O–H groups in total. The fourth-order valence-electron chi connectivity index (χ4n) is 2.91. The van der Waals surface area contributed by atoms with Gasteiger partial charge in [0.25, 0.3) is 0 Å². The summed E-state index contributed by atoms with van der Waals surface area (Å²) in [5, 5.41) is 4.77. The summed E-state index contributed by atoms with van der Waals surface area (Å²) in [6.45, 7) is 8.61. The van der Waals surface area contributed by atoms with Crippen LogP contribution in [0.5, 0.6) is 0 Å². The molecule has 23 heavy (non-hydrogen) atoms. The monoisotopic (exact) mass is 352 g/mol. The summed E-state index contributed by atoms with van der Waals surface area (Å²) in [7, 11) is 0. The summed E-state index contributed by atoms with van der Waals surface area (Å²) < 4.78 is 0. The summed E-state index contributed by atoms with van der Waals surface area (Å²) in [4.78, 5) is 12.6. The van der Waals surface area contributed by atoms with Crippen LogP contribution < -0.4 is 5.32 Å². The Labute approximate surface area is 148 Å². The fourth-order valence-corrected chi connectivity index (χ4v) is 4.08. The van der Waals surface area contributed by atoms with Gasteiger partial charge in [0.15, 0.2) is 0 Å². The summed E-state index contributed by atoms with van der Waals surface area (Å²) in [6, 6.07) is 4.68. The van der Waals surface area contributed by atoms with Crippen LogP contribution in [0, 0.1) is 5.92 Å². The second kappa shape index (κ2) is 8.73. The lowest BCUT2D eigenvalue weighted by Crippen LogP contribution is -2.45. The smallest absolute Gasteiger partial charge is 0.0930 e. The predicted octanol–water partition coefficient (Wildman–Crippen LogP) is 3.30. The molecule has 0 aliphatic carbocycles. The van der Waals surface area contributed by atoms with Crippen molar-refractivity contribution in [1.29, 1.82) is 0 Å². The molecule has 1 atom stereocenters. The van der Waals surface area contributed by atoms with E-state index in [2.05, 4.69) is 52.4 Å². The van der Waals surface area contributed by atoms with Crippen molar-refractivity contribution >= 4 is 23.7 Å². The minimum atomic E-state index is 0. The number of hydrogen-bond acceptors (Lipinski definition) is 5. The third kappa shape index (κ3) is 4.98. The first-order chi connectivity index (χ1) is 10.7. The highest BCUT2D eigenvalue weighted by molar-refractivity contribution is 7.11. The zero-order valence-electron chi connectivity index (χ0n) is 13.7. The Morgan fingerprint density at radius 2 is 2.13 bits per heavy atom. The van der Waals surface area contributed by atoms with E-state index in [9.17, 15) is 0 Å². The topological polar surface area (TPSA) is 41.1 Å². The second-order valence-corrected chi connectivity index (χ2v) is 7.49. The molecule has 2 aromatic rings. The normalized spacial score (nSPS) is 18.8. The van der Waals surface area contributed by atoms with Crippen LogP contribution in [0.1, 0.15) is 35.3 Å². The van der Waals surface area contributed by atoms with Crippen LogP contribution in [0.15, 0.2) is 30.7 Å². The Balaban J connectivity index is 0.00000192. The van der Waals surface area contributed by atoms with Gasteiger partial charge in [-0.1, -0.05) is 13.8 Å². The first kappa shape index (κ1) is 18.3. The van der Waals surface area contributed by atoms with Crippen molar-refractivity contribution in [3.8, 4) is 0 Å². The van der Waals surface area contributed by atoms with Crippen LogP contribution in [0.4, 0.5) is 0 Å². The molecule has 0 saturated carbocycles. The number of halogens is 1. The van der Waals surface area contributed by atoms with Crippen molar-refractivity contribution in [2.24, 2.45) is 5.92 Å². The van der Waals surface area contributed by atoms with Crippen LogP contribution in [0.2, 0.25) is 0 Å². The number of thiazole rings is 1. The summed E-state index contributed by atoms with van der Waals surface area (Å²) >= 11 is 1.87. The zero-order chi connectivity index (χ0) is 15.4. The van der Waals surface area contributed by atoms with E-state index in [4.69, 9.17) is 0 Å². The highest BCUT2D eigenvalue weighted by atomic mass is 35.5. The van der Waals surface area contributed by atoms with E-state index in [0.717, 1.165) is 32.6 Å². The first-order valence-electron chi connectivity index (χ1n) is 8.00. The molecule has 6 heteroatoms. The fraction of sp³-hybridized carbons (Fsp3) is 0.529. The predicted molar refractivity (Wildman–Crippen MR) is 98.2 cm³/mol. The van der Waals surface area contributed by atoms with Crippen molar-refractivity contribution in [3.63, 3.8) is 0 Å². The molecule has 1 fully saturated rings. The Kier molecular flexibility index (Phi) is 6.96. The quantitative estimate of drug-likeness (QED) is 0.896. The standard InChI is InChI=1S/C17H24N4S.ClH/c1-13(2)9-17-20-10-15(22-17)12-21-8-7-19-11-16(21)14-3-5-18-6-4-14;/h3-6,10,13,16,19H,7-9,11-12H2,1-2H3;1H. The van der Waals surface area contributed by atoms with Crippen LogP contribution in [-0.2, 0) is 13.0 Å². The molecule has 1 saturated heterocycles. The zero-order valence-corrected chi connectivity index (χ0v) is 15.4. The van der Waals surface area contributed by atoms with Gasteiger partial charge in [-0.3, -0.25) is 9.88 Å². The maximum Gasteiger partial charge on any atom is 0.0930 e. The minimum absolute atomic E-state index is 0. The molecule has 3 heterocycles. The van der Waals surface area contributed by atoms with Gasteiger partial charge < -0.3 is 5.32 Å². The van der Waals surface area contributed by atoms with Crippen molar-refractivity contribution in [3.05, 3.63) is 46.2 Å². The number of nitrogens with zero attached hydrogens (tertiary/aromatic N) is 3. The third-order valence-electron chi connectivity index (χ3n) is 3.99. The lowest BCUT2D eigenvalue weighted by Gasteiger charge is -2.36. The van der Waals surface area contributed by atoms with Gasteiger partial charge >= 0.3 is 0 Å². The van der Waals surface area contributed by atoms with Crippen molar-refractivity contribution < 1.29 is 0 Å². The van der Waals surface area contributed by atoms with Crippen molar-refractivity contribution in [2.75, 3.05) is 19.6 Å². The Morgan fingerprint density at radius 1 is 1.35 bits per heavy atom. The van der Waals surface area contributed by atoms with Crippen molar-refractivity contribution in [1.82, 2.24) is 20.2 Å². The van der Waals surface area contributed by atoms with Gasteiger partial charge in [0.05, 0.1) is 5.01 Å². The van der Waals surface area contributed by atoms with Gasteiger partial charge in [-0.25, -0.2) is 4.98 Å². The van der Waals surface area contributed by atoms with E-state index < -0.39 is 0 Å². The number of pyridine rings is 1.